The molecule has 182 valence electrons. The molecule has 7 heteroatoms. The van der Waals surface area contributed by atoms with Crippen LogP contribution in [-0.2, 0) is 13.1 Å². The molecule has 2 aliphatic rings. The highest BCUT2D eigenvalue weighted by Gasteiger charge is 2.40. The van der Waals surface area contributed by atoms with Crippen LogP contribution in [0.2, 0.25) is 0 Å². The van der Waals surface area contributed by atoms with Gasteiger partial charge in [0.25, 0.3) is 0 Å². The first-order valence-electron chi connectivity index (χ1n) is 12.5. The van der Waals surface area contributed by atoms with Gasteiger partial charge in [0.2, 0.25) is 0 Å². The van der Waals surface area contributed by atoms with E-state index in [2.05, 4.69) is 77.9 Å². The van der Waals surface area contributed by atoms with Crippen molar-refractivity contribution in [1.29, 1.82) is 0 Å². The predicted molar refractivity (Wildman–Crippen MR) is 145 cm³/mol. The molecule has 2 unspecified atom stereocenters. The van der Waals surface area contributed by atoms with Crippen LogP contribution in [0.1, 0.15) is 82.2 Å². The molecule has 6 nitrogen and oxygen atoms in total. The fourth-order valence-electron chi connectivity index (χ4n) is 5.42. The third kappa shape index (κ3) is 6.72. The molecule has 2 aliphatic heterocycles. The van der Waals surface area contributed by atoms with Gasteiger partial charge in [0.15, 0.2) is 11.7 Å². The summed E-state index contributed by atoms with van der Waals surface area (Å²) in [5.41, 5.74) is 2.48. The highest BCUT2D eigenvalue weighted by molar-refractivity contribution is 14.0. The van der Waals surface area contributed by atoms with Gasteiger partial charge >= 0.3 is 0 Å². The van der Waals surface area contributed by atoms with Crippen molar-refractivity contribution in [2.24, 2.45) is 4.99 Å². The quantitative estimate of drug-likeness (QED) is 0.241. The summed E-state index contributed by atoms with van der Waals surface area (Å²) in [4.78, 5) is 7.53. The van der Waals surface area contributed by atoms with Gasteiger partial charge in [-0.15, -0.1) is 24.0 Å². The minimum atomic E-state index is 0. The molecule has 2 bridgehead atoms. The summed E-state index contributed by atoms with van der Waals surface area (Å²) in [6.07, 6.45) is 7.13. The molecule has 0 saturated carbocycles. The SMILES string of the molecule is CCNC(=NCc1cc(C(CC)CC)no1)NC1CC2CCC(C1)N2Cc1ccccc1.I. The van der Waals surface area contributed by atoms with E-state index < -0.39 is 0 Å². The summed E-state index contributed by atoms with van der Waals surface area (Å²) in [6.45, 7) is 8.95. The number of piperidine rings is 1. The minimum absolute atomic E-state index is 0. The van der Waals surface area contributed by atoms with Crippen molar-refractivity contribution in [3.05, 3.63) is 53.4 Å². The molecule has 2 saturated heterocycles. The summed E-state index contributed by atoms with van der Waals surface area (Å²) in [6, 6.07) is 14.7. The highest BCUT2D eigenvalue weighted by Crippen LogP contribution is 2.36. The summed E-state index contributed by atoms with van der Waals surface area (Å²) >= 11 is 0. The number of hydrogen-bond donors (Lipinski definition) is 2. The molecule has 1 aromatic carbocycles. The Balaban J connectivity index is 0.00000306. The molecular weight excluding hydrogens is 525 g/mol. The van der Waals surface area contributed by atoms with Gasteiger partial charge < -0.3 is 15.2 Å². The molecule has 33 heavy (non-hydrogen) atoms. The molecular formula is C26H40IN5O. The van der Waals surface area contributed by atoms with Crippen LogP contribution in [0.25, 0.3) is 0 Å². The van der Waals surface area contributed by atoms with Crippen LogP contribution in [0, 0.1) is 0 Å². The molecule has 2 fully saturated rings. The van der Waals surface area contributed by atoms with Crippen LogP contribution in [-0.4, -0.2) is 40.7 Å². The van der Waals surface area contributed by atoms with Gasteiger partial charge in [0.1, 0.15) is 6.54 Å². The summed E-state index contributed by atoms with van der Waals surface area (Å²) in [7, 11) is 0. The van der Waals surface area contributed by atoms with E-state index in [9.17, 15) is 0 Å². The van der Waals surface area contributed by atoms with Crippen LogP contribution in [0.3, 0.4) is 0 Å². The Morgan fingerprint density at radius 1 is 1.12 bits per heavy atom. The Labute approximate surface area is 216 Å². The fourth-order valence-corrected chi connectivity index (χ4v) is 5.42. The van der Waals surface area contributed by atoms with Gasteiger partial charge in [-0.1, -0.05) is 49.3 Å². The first-order chi connectivity index (χ1) is 15.7. The minimum Gasteiger partial charge on any atom is -0.359 e. The first-order valence-corrected chi connectivity index (χ1v) is 12.5. The standard InChI is InChI=1S/C26H39N5O.HI/c1-4-20(5-2)25-16-24(32-30-25)17-28-26(27-6-3)29-21-14-22-12-13-23(15-21)31(22)18-19-10-8-7-9-11-19;/h7-11,16,20-23H,4-6,12-15,17-18H2,1-3H3,(H2,27,28,29);1H. The third-order valence-electron chi connectivity index (χ3n) is 7.15. The van der Waals surface area contributed by atoms with E-state index in [-0.39, 0.29) is 24.0 Å². The normalized spacial score (nSPS) is 22.9. The monoisotopic (exact) mass is 565 g/mol. The lowest BCUT2D eigenvalue weighted by Gasteiger charge is -2.39. The summed E-state index contributed by atoms with van der Waals surface area (Å²) in [5.74, 6) is 2.19. The maximum Gasteiger partial charge on any atom is 0.191 e. The molecule has 0 spiro atoms. The molecule has 2 atom stereocenters. The van der Waals surface area contributed by atoms with Crippen LogP contribution in [0.4, 0.5) is 0 Å². The van der Waals surface area contributed by atoms with Crippen LogP contribution >= 0.6 is 24.0 Å². The average Bonchev–Trinajstić information content (AvgIpc) is 3.35. The number of benzene rings is 1. The fraction of sp³-hybridized carbons (Fsp3) is 0.615. The van der Waals surface area contributed by atoms with Crippen LogP contribution in [0.15, 0.2) is 45.9 Å². The Morgan fingerprint density at radius 3 is 2.45 bits per heavy atom. The number of aromatic nitrogens is 1. The first kappa shape index (κ1) is 26.0. The van der Waals surface area contributed by atoms with Gasteiger partial charge in [-0.25, -0.2) is 4.99 Å². The van der Waals surface area contributed by atoms with E-state index in [4.69, 9.17) is 9.52 Å². The third-order valence-corrected chi connectivity index (χ3v) is 7.15. The number of nitrogens with one attached hydrogen (secondary N) is 2. The lowest BCUT2D eigenvalue weighted by molar-refractivity contribution is 0.114. The largest absolute Gasteiger partial charge is 0.359 e. The van der Waals surface area contributed by atoms with Crippen molar-refractivity contribution < 1.29 is 4.52 Å². The van der Waals surface area contributed by atoms with Crippen LogP contribution in [0.5, 0.6) is 0 Å². The zero-order valence-electron chi connectivity index (χ0n) is 20.3. The zero-order chi connectivity index (χ0) is 22.3. The molecule has 2 aromatic rings. The maximum atomic E-state index is 5.56. The van der Waals surface area contributed by atoms with Crippen molar-refractivity contribution in [3.8, 4) is 0 Å². The van der Waals surface area contributed by atoms with E-state index in [1.807, 2.05) is 0 Å². The predicted octanol–water partition coefficient (Wildman–Crippen LogP) is 5.45. The second kappa shape index (κ2) is 12.7. The van der Waals surface area contributed by atoms with E-state index in [0.717, 1.165) is 43.3 Å². The highest BCUT2D eigenvalue weighted by atomic mass is 127. The van der Waals surface area contributed by atoms with Crippen molar-refractivity contribution in [2.75, 3.05) is 6.54 Å². The molecule has 4 rings (SSSR count). The topological polar surface area (TPSA) is 65.7 Å². The number of aliphatic imine (C=N–C) groups is 1. The molecule has 3 heterocycles. The van der Waals surface area contributed by atoms with E-state index in [0.29, 0.717) is 30.6 Å². The molecule has 2 N–H and O–H groups in total. The van der Waals surface area contributed by atoms with Gasteiger partial charge in [0.05, 0.1) is 5.69 Å². The van der Waals surface area contributed by atoms with Crippen molar-refractivity contribution in [1.82, 2.24) is 20.7 Å². The maximum absolute atomic E-state index is 5.56. The molecule has 0 amide bonds. The smallest absolute Gasteiger partial charge is 0.191 e. The van der Waals surface area contributed by atoms with Crippen LogP contribution < -0.4 is 10.6 Å². The van der Waals surface area contributed by atoms with E-state index in [1.165, 1.54) is 31.2 Å². The Morgan fingerprint density at radius 2 is 1.82 bits per heavy atom. The number of halogens is 1. The van der Waals surface area contributed by atoms with Crippen molar-refractivity contribution >= 4 is 29.9 Å². The van der Waals surface area contributed by atoms with Crippen molar-refractivity contribution in [3.63, 3.8) is 0 Å². The Kier molecular flexibility index (Phi) is 10.0. The van der Waals surface area contributed by atoms with E-state index >= 15 is 0 Å². The van der Waals surface area contributed by atoms with E-state index in [1.54, 1.807) is 0 Å². The summed E-state index contributed by atoms with van der Waals surface area (Å²) < 4.78 is 5.56. The number of hydrogen-bond acceptors (Lipinski definition) is 4. The molecule has 0 radical (unpaired) electrons. The number of fused-ring (bicyclic) bond motifs is 2. The lowest BCUT2D eigenvalue weighted by Crippen LogP contribution is -2.52. The van der Waals surface area contributed by atoms with Gasteiger partial charge in [-0.05, 0) is 51.0 Å². The van der Waals surface area contributed by atoms with Crippen molar-refractivity contribution in [2.45, 2.75) is 96.4 Å². The number of guanidine groups is 1. The van der Waals surface area contributed by atoms with Gasteiger partial charge in [0, 0.05) is 43.2 Å². The summed E-state index contributed by atoms with van der Waals surface area (Å²) in [5, 5.41) is 11.4. The second-order valence-corrected chi connectivity index (χ2v) is 9.28. The Bertz CT molecular complexity index is 853. The van der Waals surface area contributed by atoms with Gasteiger partial charge in [-0.3, -0.25) is 4.90 Å². The number of rotatable bonds is 9. The zero-order valence-corrected chi connectivity index (χ0v) is 22.6. The molecule has 1 aromatic heterocycles. The van der Waals surface area contributed by atoms with Gasteiger partial charge in [-0.2, -0.15) is 0 Å². The Hall–Kier alpha value is -1.61. The lowest BCUT2D eigenvalue weighted by atomic mass is 9.96. The average molecular weight is 566 g/mol. The number of nitrogens with zero attached hydrogens (tertiary/aromatic N) is 3. The molecule has 0 aliphatic carbocycles. The second-order valence-electron chi connectivity index (χ2n) is 9.28.